The third kappa shape index (κ3) is 3.21. The lowest BCUT2D eigenvalue weighted by Crippen LogP contribution is -2.09. The summed E-state index contributed by atoms with van der Waals surface area (Å²) < 4.78 is 64.2. The van der Waals surface area contributed by atoms with Crippen molar-refractivity contribution in [2.45, 2.75) is 9.79 Å². The van der Waals surface area contributed by atoms with E-state index in [9.17, 15) is 35.5 Å². The molecular formula is C12H7O10S2. The fraction of sp³-hybridized carbons (Fsp3) is 0. The van der Waals surface area contributed by atoms with Gasteiger partial charge in [-0.05, 0) is 18.2 Å². The van der Waals surface area contributed by atoms with Crippen LogP contribution in [-0.2, 0) is 20.2 Å². The molecule has 0 aromatic heterocycles. The molecule has 2 aromatic carbocycles. The van der Waals surface area contributed by atoms with Crippen molar-refractivity contribution in [1.82, 2.24) is 0 Å². The van der Waals surface area contributed by atoms with Crippen LogP contribution in [-0.4, -0.2) is 48.1 Å². The van der Waals surface area contributed by atoms with Crippen LogP contribution in [0.25, 0.3) is 10.8 Å². The molecule has 0 amide bonds. The second-order valence-corrected chi connectivity index (χ2v) is 7.28. The molecule has 2 rings (SSSR count). The molecule has 0 aliphatic carbocycles. The zero-order valence-electron chi connectivity index (χ0n) is 11.3. The number of aromatic carboxylic acids is 2. The van der Waals surface area contributed by atoms with Crippen molar-refractivity contribution in [3.05, 3.63) is 35.4 Å². The van der Waals surface area contributed by atoms with E-state index in [0.717, 1.165) is 0 Å². The fourth-order valence-corrected chi connectivity index (χ4v) is 3.37. The maximum atomic E-state index is 11.5. The van der Waals surface area contributed by atoms with Gasteiger partial charge in [-0.1, -0.05) is 0 Å². The number of rotatable bonds is 4. The van der Waals surface area contributed by atoms with Crippen LogP contribution in [0.5, 0.6) is 0 Å². The Labute approximate surface area is 134 Å². The predicted octanol–water partition coefficient (Wildman–Crippen LogP) is 0.530. The molecule has 0 unspecified atom stereocenters. The van der Waals surface area contributed by atoms with Crippen LogP contribution >= 0.6 is 0 Å². The van der Waals surface area contributed by atoms with Crippen molar-refractivity contribution in [3.8, 4) is 0 Å². The largest absolute Gasteiger partial charge is 0.478 e. The van der Waals surface area contributed by atoms with Crippen molar-refractivity contribution in [1.29, 1.82) is 0 Å². The normalized spacial score (nSPS) is 12.2. The summed E-state index contributed by atoms with van der Waals surface area (Å²) in [5, 5.41) is 16.6. The lowest BCUT2D eigenvalue weighted by molar-refractivity contribution is 0.0685. The molecular weight excluding hydrogens is 368 g/mol. The van der Waals surface area contributed by atoms with Crippen molar-refractivity contribution in [2.24, 2.45) is 0 Å². The molecule has 0 bridgehead atoms. The Bertz CT molecular complexity index is 1010. The second kappa shape index (κ2) is 5.52. The molecule has 1 radical (unpaired) electrons. The number of carbonyl (C=O) groups is 2. The minimum atomic E-state index is -5.05. The van der Waals surface area contributed by atoms with E-state index in [1.165, 1.54) is 0 Å². The van der Waals surface area contributed by atoms with Crippen LogP contribution in [0.1, 0.15) is 20.7 Å². The van der Waals surface area contributed by atoms with Gasteiger partial charge < -0.3 is 10.2 Å². The van der Waals surface area contributed by atoms with Crippen LogP contribution in [0.4, 0.5) is 0 Å². The summed E-state index contributed by atoms with van der Waals surface area (Å²) in [5.41, 5.74) is -1.53. The smallest absolute Gasteiger partial charge is 0.336 e. The Morgan fingerprint density at radius 3 is 1.79 bits per heavy atom. The molecule has 0 heterocycles. The van der Waals surface area contributed by atoms with Crippen LogP contribution in [0.3, 0.4) is 0 Å². The number of hydrogen-bond acceptors (Lipinski definition) is 6. The number of fused-ring (bicyclic) bond motifs is 1. The van der Waals surface area contributed by atoms with E-state index in [4.69, 9.17) is 10.2 Å². The summed E-state index contributed by atoms with van der Waals surface area (Å²) in [4.78, 5) is 20.0. The third-order valence-electron chi connectivity index (χ3n) is 2.94. The van der Waals surface area contributed by atoms with E-state index in [0.29, 0.717) is 18.2 Å². The highest BCUT2D eigenvalue weighted by molar-refractivity contribution is 7.86. The van der Waals surface area contributed by atoms with E-state index in [2.05, 4.69) is 6.07 Å². The Morgan fingerprint density at radius 1 is 0.833 bits per heavy atom. The zero-order valence-corrected chi connectivity index (χ0v) is 12.9. The maximum absolute atomic E-state index is 11.5. The molecule has 0 aliphatic heterocycles. The molecule has 0 spiro atoms. The Balaban J connectivity index is 3.20. The van der Waals surface area contributed by atoms with Crippen LogP contribution < -0.4 is 0 Å². The van der Waals surface area contributed by atoms with Gasteiger partial charge in [-0.3, -0.25) is 9.11 Å². The van der Waals surface area contributed by atoms with E-state index in [-0.39, 0.29) is 0 Å². The quantitative estimate of drug-likeness (QED) is 0.550. The van der Waals surface area contributed by atoms with Gasteiger partial charge in [-0.15, -0.1) is 0 Å². The van der Waals surface area contributed by atoms with Gasteiger partial charge in [-0.25, -0.2) is 9.59 Å². The molecule has 0 saturated heterocycles. The Hall–Kier alpha value is -2.54. The monoisotopic (exact) mass is 375 g/mol. The molecule has 10 nitrogen and oxygen atoms in total. The summed E-state index contributed by atoms with van der Waals surface area (Å²) in [6.45, 7) is 0. The van der Waals surface area contributed by atoms with E-state index in [1.54, 1.807) is 0 Å². The average molecular weight is 375 g/mol. The fourth-order valence-electron chi connectivity index (χ4n) is 1.97. The van der Waals surface area contributed by atoms with Crippen LogP contribution in [0.2, 0.25) is 0 Å². The molecule has 0 atom stereocenters. The molecule has 4 N–H and O–H groups in total. The molecule has 2 aromatic rings. The molecule has 24 heavy (non-hydrogen) atoms. The Kier molecular flexibility index (Phi) is 4.10. The summed E-state index contributed by atoms with van der Waals surface area (Å²) in [7, 11) is -10.1. The number of benzene rings is 2. The average Bonchev–Trinajstić information content (AvgIpc) is 2.42. The van der Waals surface area contributed by atoms with Crippen molar-refractivity contribution in [3.63, 3.8) is 0 Å². The minimum absolute atomic E-state index is 0.486. The van der Waals surface area contributed by atoms with Gasteiger partial charge in [-0.2, -0.15) is 16.8 Å². The highest BCUT2D eigenvalue weighted by Crippen LogP contribution is 2.31. The van der Waals surface area contributed by atoms with Gasteiger partial charge in [0.2, 0.25) is 0 Å². The summed E-state index contributed by atoms with van der Waals surface area (Å²) in [6, 6.07) is 3.77. The lowest BCUT2D eigenvalue weighted by atomic mass is 10.0. The van der Waals surface area contributed by atoms with Gasteiger partial charge in [0.25, 0.3) is 20.2 Å². The van der Waals surface area contributed by atoms with Gasteiger partial charge >= 0.3 is 11.9 Å². The minimum Gasteiger partial charge on any atom is -0.478 e. The molecule has 0 saturated carbocycles. The maximum Gasteiger partial charge on any atom is 0.336 e. The lowest BCUT2D eigenvalue weighted by Gasteiger charge is -2.10. The van der Waals surface area contributed by atoms with Crippen LogP contribution in [0, 0.1) is 6.07 Å². The van der Waals surface area contributed by atoms with Crippen molar-refractivity contribution < 1.29 is 45.7 Å². The van der Waals surface area contributed by atoms with Gasteiger partial charge in [0, 0.05) is 16.8 Å². The zero-order chi connectivity index (χ0) is 18.4. The van der Waals surface area contributed by atoms with E-state index in [1.807, 2.05) is 0 Å². The first-order valence-corrected chi connectivity index (χ1v) is 8.66. The Morgan fingerprint density at radius 2 is 1.38 bits per heavy atom. The number of hydrogen-bond donors (Lipinski definition) is 4. The number of carboxylic acids is 2. The topological polar surface area (TPSA) is 183 Å². The SMILES string of the molecule is O=C(O)c1[c]c2c(S(=O)(=O)O)cc(C(=O)O)cc2c(S(=O)(=O)O)c1. The predicted molar refractivity (Wildman–Crippen MR) is 76.3 cm³/mol. The van der Waals surface area contributed by atoms with Crippen molar-refractivity contribution in [2.75, 3.05) is 0 Å². The highest BCUT2D eigenvalue weighted by Gasteiger charge is 2.25. The third-order valence-corrected chi connectivity index (χ3v) is 4.71. The molecule has 0 aliphatic rings. The molecule has 12 heteroatoms. The molecule has 127 valence electrons. The molecule has 0 fully saturated rings. The highest BCUT2D eigenvalue weighted by atomic mass is 32.2. The second-order valence-electron chi connectivity index (χ2n) is 4.50. The summed E-state index contributed by atoms with van der Waals surface area (Å²) >= 11 is 0. The van der Waals surface area contributed by atoms with Crippen molar-refractivity contribution >= 4 is 42.9 Å². The standard InChI is InChI=1S/C12H7O10S2/c13-11(14)5-1-7-8(10(3-5)24(20,21)22)2-6(12(15)16)4-9(7)23(17,18)19/h1,3-4H,(H,13,14)(H,15,16)(H,17,18,19)(H,20,21,22). The van der Waals surface area contributed by atoms with Gasteiger partial charge in [0.15, 0.2) is 0 Å². The number of carboxylic acid groups (broad SMARTS) is 2. The first-order chi connectivity index (χ1) is 10.8. The van der Waals surface area contributed by atoms with Crippen LogP contribution in [0.15, 0.2) is 28.0 Å². The van der Waals surface area contributed by atoms with E-state index >= 15 is 0 Å². The first-order valence-electron chi connectivity index (χ1n) is 5.78. The van der Waals surface area contributed by atoms with Gasteiger partial charge in [0.05, 0.1) is 11.1 Å². The van der Waals surface area contributed by atoms with E-state index < -0.39 is 63.9 Å². The summed E-state index contributed by atoms with van der Waals surface area (Å²) in [6.07, 6.45) is 0. The van der Waals surface area contributed by atoms with Gasteiger partial charge in [0.1, 0.15) is 9.79 Å². The summed E-state index contributed by atoms with van der Waals surface area (Å²) in [5.74, 6) is -3.34. The first kappa shape index (κ1) is 17.8.